The van der Waals surface area contributed by atoms with E-state index in [1.807, 2.05) is 0 Å². The topological polar surface area (TPSA) is 50.2 Å². The van der Waals surface area contributed by atoms with Gasteiger partial charge in [0.25, 0.3) is 0 Å². The van der Waals surface area contributed by atoms with E-state index in [0.717, 1.165) is 17.0 Å². The minimum Gasteiger partial charge on any atom is -0.481 e. The maximum atomic E-state index is 12.6. The van der Waals surface area contributed by atoms with Gasteiger partial charge in [0, 0.05) is 17.5 Å². The number of aliphatic carboxylic acids is 1. The summed E-state index contributed by atoms with van der Waals surface area (Å²) in [5.41, 5.74) is -0.147. The van der Waals surface area contributed by atoms with Crippen molar-refractivity contribution < 1.29 is 23.1 Å². The Kier molecular flexibility index (Phi) is 4.62. The Balaban J connectivity index is 2.07. The SMILES string of the molecule is O=C(O)CCc1cnc(Cc2cccc(C(F)(F)F)c2)s1. The first kappa shape index (κ1) is 15.5. The molecule has 0 radical (unpaired) electrons. The van der Waals surface area contributed by atoms with Crippen LogP contribution in [0.3, 0.4) is 0 Å². The third kappa shape index (κ3) is 4.56. The number of halogens is 3. The van der Waals surface area contributed by atoms with E-state index in [-0.39, 0.29) is 6.42 Å². The number of alkyl halides is 3. The van der Waals surface area contributed by atoms with Crippen molar-refractivity contribution in [2.75, 3.05) is 0 Å². The molecule has 0 aliphatic heterocycles. The molecule has 2 aromatic rings. The van der Waals surface area contributed by atoms with Crippen molar-refractivity contribution in [2.24, 2.45) is 0 Å². The summed E-state index contributed by atoms with van der Waals surface area (Å²) in [6.07, 6.45) is -2.06. The highest BCUT2D eigenvalue weighted by Gasteiger charge is 2.30. The first-order valence-electron chi connectivity index (χ1n) is 6.16. The molecule has 1 aromatic heterocycles. The van der Waals surface area contributed by atoms with Crippen molar-refractivity contribution in [1.82, 2.24) is 4.98 Å². The largest absolute Gasteiger partial charge is 0.481 e. The number of carboxylic acid groups (broad SMARTS) is 1. The highest BCUT2D eigenvalue weighted by Crippen LogP contribution is 2.30. The van der Waals surface area contributed by atoms with Gasteiger partial charge in [-0.05, 0) is 18.1 Å². The maximum absolute atomic E-state index is 12.6. The molecule has 3 nitrogen and oxygen atoms in total. The van der Waals surface area contributed by atoms with Crippen molar-refractivity contribution in [3.63, 3.8) is 0 Å². The molecular formula is C14H12F3NO2S. The van der Waals surface area contributed by atoms with E-state index < -0.39 is 17.7 Å². The van der Waals surface area contributed by atoms with Crippen LogP contribution in [-0.2, 0) is 23.8 Å². The minimum atomic E-state index is -4.36. The molecule has 112 valence electrons. The monoisotopic (exact) mass is 315 g/mol. The predicted octanol–water partition coefficient (Wildman–Crippen LogP) is 3.77. The summed E-state index contributed by atoms with van der Waals surface area (Å²) in [6, 6.07) is 5.13. The summed E-state index contributed by atoms with van der Waals surface area (Å²) in [5, 5.41) is 9.28. The number of aryl methyl sites for hydroxylation is 1. The standard InChI is InChI=1S/C14H12F3NO2S/c15-14(16,17)10-3-1-2-9(6-10)7-12-18-8-11(21-12)4-5-13(19)20/h1-3,6,8H,4-5,7H2,(H,19,20). The highest BCUT2D eigenvalue weighted by atomic mass is 32.1. The number of aromatic nitrogens is 1. The first-order valence-corrected chi connectivity index (χ1v) is 6.98. The van der Waals surface area contributed by atoms with Crippen LogP contribution in [0.15, 0.2) is 30.5 Å². The number of hydrogen-bond acceptors (Lipinski definition) is 3. The number of hydrogen-bond donors (Lipinski definition) is 1. The van der Waals surface area contributed by atoms with Crippen molar-refractivity contribution in [2.45, 2.75) is 25.4 Å². The quantitative estimate of drug-likeness (QED) is 0.914. The lowest BCUT2D eigenvalue weighted by Gasteiger charge is -2.07. The molecule has 0 atom stereocenters. The number of thiazole rings is 1. The van der Waals surface area contributed by atoms with E-state index in [1.165, 1.54) is 17.4 Å². The van der Waals surface area contributed by atoms with Gasteiger partial charge in [0.2, 0.25) is 0 Å². The lowest BCUT2D eigenvalue weighted by atomic mass is 10.1. The number of carboxylic acids is 1. The van der Waals surface area contributed by atoms with Crippen LogP contribution in [0.1, 0.15) is 27.4 Å². The average molecular weight is 315 g/mol. The van der Waals surface area contributed by atoms with Crippen molar-refractivity contribution in [3.05, 3.63) is 51.5 Å². The summed E-state index contributed by atoms with van der Waals surface area (Å²) in [4.78, 5) is 15.4. The van der Waals surface area contributed by atoms with Crippen molar-refractivity contribution >= 4 is 17.3 Å². The van der Waals surface area contributed by atoms with Gasteiger partial charge in [0.05, 0.1) is 17.0 Å². The fraction of sp³-hybridized carbons (Fsp3) is 0.286. The Morgan fingerprint density at radius 2 is 2.10 bits per heavy atom. The van der Waals surface area contributed by atoms with E-state index in [0.29, 0.717) is 23.4 Å². The zero-order valence-corrected chi connectivity index (χ0v) is 11.7. The number of rotatable bonds is 5. The van der Waals surface area contributed by atoms with Crippen LogP contribution in [0.2, 0.25) is 0 Å². The van der Waals surface area contributed by atoms with Gasteiger partial charge in [-0.2, -0.15) is 13.2 Å². The first-order chi connectivity index (χ1) is 9.84. The van der Waals surface area contributed by atoms with Crippen LogP contribution >= 0.6 is 11.3 Å². The number of carbonyl (C=O) groups is 1. The zero-order valence-electron chi connectivity index (χ0n) is 10.9. The summed E-state index contributed by atoms with van der Waals surface area (Å²) >= 11 is 1.33. The third-order valence-electron chi connectivity index (χ3n) is 2.80. The molecule has 0 aliphatic rings. The molecule has 1 aromatic carbocycles. The molecule has 1 N–H and O–H groups in total. The Labute approximate surface area is 123 Å². The van der Waals surface area contributed by atoms with Gasteiger partial charge in [-0.1, -0.05) is 18.2 Å². The molecule has 0 saturated carbocycles. The Morgan fingerprint density at radius 1 is 1.33 bits per heavy atom. The molecule has 0 spiro atoms. The second-order valence-electron chi connectivity index (χ2n) is 4.49. The Bertz CT molecular complexity index is 637. The van der Waals surface area contributed by atoms with Crippen LogP contribution in [0.4, 0.5) is 13.2 Å². The Morgan fingerprint density at radius 3 is 2.76 bits per heavy atom. The molecule has 21 heavy (non-hydrogen) atoms. The molecule has 0 saturated heterocycles. The lowest BCUT2D eigenvalue weighted by molar-refractivity contribution is -0.138. The van der Waals surface area contributed by atoms with Gasteiger partial charge in [0.15, 0.2) is 0 Å². The number of benzene rings is 1. The van der Waals surface area contributed by atoms with E-state index in [4.69, 9.17) is 5.11 Å². The van der Waals surface area contributed by atoms with E-state index in [2.05, 4.69) is 4.98 Å². The average Bonchev–Trinajstić information content (AvgIpc) is 2.83. The van der Waals surface area contributed by atoms with E-state index in [1.54, 1.807) is 12.3 Å². The van der Waals surface area contributed by atoms with Gasteiger partial charge >= 0.3 is 12.1 Å². The van der Waals surface area contributed by atoms with Crippen LogP contribution < -0.4 is 0 Å². The van der Waals surface area contributed by atoms with Crippen LogP contribution in [0.25, 0.3) is 0 Å². The molecule has 1 heterocycles. The smallest absolute Gasteiger partial charge is 0.416 e. The van der Waals surface area contributed by atoms with Crippen LogP contribution in [-0.4, -0.2) is 16.1 Å². The molecule has 0 aliphatic carbocycles. The normalized spacial score (nSPS) is 11.6. The predicted molar refractivity (Wildman–Crippen MR) is 72.3 cm³/mol. The van der Waals surface area contributed by atoms with Crippen molar-refractivity contribution in [1.29, 1.82) is 0 Å². The second-order valence-corrected chi connectivity index (χ2v) is 5.69. The van der Waals surface area contributed by atoms with Gasteiger partial charge < -0.3 is 5.11 Å². The minimum absolute atomic E-state index is 0.0190. The lowest BCUT2D eigenvalue weighted by Crippen LogP contribution is -2.05. The highest BCUT2D eigenvalue weighted by molar-refractivity contribution is 7.11. The fourth-order valence-corrected chi connectivity index (χ4v) is 2.76. The van der Waals surface area contributed by atoms with Crippen LogP contribution in [0, 0.1) is 0 Å². The zero-order chi connectivity index (χ0) is 15.5. The molecule has 0 unspecified atom stereocenters. The molecule has 0 amide bonds. The summed E-state index contributed by atoms with van der Waals surface area (Å²) in [5.74, 6) is -0.886. The van der Waals surface area contributed by atoms with Gasteiger partial charge in [0.1, 0.15) is 0 Å². The fourth-order valence-electron chi connectivity index (χ4n) is 1.81. The molecule has 0 fully saturated rings. The molecule has 7 heteroatoms. The van der Waals surface area contributed by atoms with Gasteiger partial charge in [-0.25, -0.2) is 4.98 Å². The third-order valence-corrected chi connectivity index (χ3v) is 3.85. The van der Waals surface area contributed by atoms with E-state index in [9.17, 15) is 18.0 Å². The molecular weight excluding hydrogens is 303 g/mol. The van der Waals surface area contributed by atoms with Gasteiger partial charge in [-0.15, -0.1) is 11.3 Å². The summed E-state index contributed by atoms with van der Waals surface area (Å²) in [7, 11) is 0. The molecule has 0 bridgehead atoms. The van der Waals surface area contributed by atoms with Gasteiger partial charge in [-0.3, -0.25) is 4.79 Å². The molecule has 2 rings (SSSR count). The van der Waals surface area contributed by atoms with Crippen molar-refractivity contribution in [3.8, 4) is 0 Å². The second kappa shape index (κ2) is 6.26. The maximum Gasteiger partial charge on any atom is 0.416 e. The van der Waals surface area contributed by atoms with Crippen LogP contribution in [0.5, 0.6) is 0 Å². The Hall–Kier alpha value is -1.89. The van der Waals surface area contributed by atoms with E-state index >= 15 is 0 Å². The number of nitrogens with zero attached hydrogens (tertiary/aromatic N) is 1. The summed E-state index contributed by atoms with van der Waals surface area (Å²) < 4.78 is 37.9. The summed E-state index contributed by atoms with van der Waals surface area (Å²) in [6.45, 7) is 0.